The minimum Gasteiger partial charge on any atom is -0.493 e. The van der Waals surface area contributed by atoms with E-state index in [1.807, 2.05) is 18.2 Å². The van der Waals surface area contributed by atoms with Crippen molar-refractivity contribution in [2.24, 2.45) is 5.92 Å². The average Bonchev–Trinajstić information content (AvgIpc) is 2.34. The van der Waals surface area contributed by atoms with Crippen molar-refractivity contribution in [2.45, 2.75) is 26.2 Å². The third kappa shape index (κ3) is 3.39. The van der Waals surface area contributed by atoms with E-state index in [1.165, 1.54) is 0 Å². The second kappa shape index (κ2) is 6.15. The molecule has 0 aliphatic rings. The lowest BCUT2D eigenvalue weighted by molar-refractivity contribution is 0.354. The van der Waals surface area contributed by atoms with E-state index in [0.29, 0.717) is 17.4 Å². The molecule has 0 fully saturated rings. The van der Waals surface area contributed by atoms with Gasteiger partial charge in [0.05, 0.1) is 26.2 Å². The Morgan fingerprint density at radius 1 is 1.18 bits per heavy atom. The molecule has 17 heavy (non-hydrogen) atoms. The molecule has 3 nitrogen and oxygen atoms in total. The Morgan fingerprint density at radius 3 is 2.29 bits per heavy atom. The highest BCUT2D eigenvalue weighted by atomic mass is 16.5. The van der Waals surface area contributed by atoms with Crippen molar-refractivity contribution in [1.29, 1.82) is 5.26 Å². The second-order valence-corrected chi connectivity index (χ2v) is 4.43. The van der Waals surface area contributed by atoms with Crippen LogP contribution < -0.4 is 9.47 Å². The van der Waals surface area contributed by atoms with Gasteiger partial charge in [-0.05, 0) is 30.0 Å². The van der Waals surface area contributed by atoms with E-state index >= 15 is 0 Å². The zero-order valence-corrected chi connectivity index (χ0v) is 10.9. The van der Waals surface area contributed by atoms with Gasteiger partial charge in [0.1, 0.15) is 0 Å². The van der Waals surface area contributed by atoms with Gasteiger partial charge >= 0.3 is 0 Å². The molecule has 1 unspecified atom stereocenters. The summed E-state index contributed by atoms with van der Waals surface area (Å²) >= 11 is 0. The molecule has 0 saturated heterocycles. The molecular formula is C14H19NO2. The molecule has 0 aliphatic carbocycles. The summed E-state index contributed by atoms with van der Waals surface area (Å²) in [6.45, 7) is 4.23. The lowest BCUT2D eigenvalue weighted by Gasteiger charge is -2.14. The standard InChI is InChI=1S/C14H19NO2/c1-10(2)7-12(9-15)11-5-6-13(16-3)14(8-11)17-4/h5-6,8,10,12H,7H2,1-4H3. The SMILES string of the molecule is COc1ccc(C(C#N)CC(C)C)cc1OC. The highest BCUT2D eigenvalue weighted by Crippen LogP contribution is 2.32. The number of nitrogens with zero attached hydrogens (tertiary/aromatic N) is 1. The quantitative estimate of drug-likeness (QED) is 0.783. The van der Waals surface area contributed by atoms with Crippen molar-refractivity contribution >= 4 is 0 Å². The number of rotatable bonds is 5. The van der Waals surface area contributed by atoms with Crippen LogP contribution in [0.1, 0.15) is 31.7 Å². The molecule has 0 aromatic heterocycles. The van der Waals surface area contributed by atoms with Gasteiger partial charge < -0.3 is 9.47 Å². The highest BCUT2D eigenvalue weighted by molar-refractivity contribution is 5.44. The molecular weight excluding hydrogens is 214 g/mol. The first-order valence-corrected chi connectivity index (χ1v) is 5.73. The molecule has 3 heteroatoms. The first-order chi connectivity index (χ1) is 8.12. The van der Waals surface area contributed by atoms with Gasteiger partial charge in [-0.25, -0.2) is 0 Å². The van der Waals surface area contributed by atoms with Crippen LogP contribution in [0.15, 0.2) is 18.2 Å². The molecule has 0 bridgehead atoms. The van der Waals surface area contributed by atoms with Crippen LogP contribution in [0.5, 0.6) is 11.5 Å². The summed E-state index contributed by atoms with van der Waals surface area (Å²) in [7, 11) is 3.21. The molecule has 1 atom stereocenters. The van der Waals surface area contributed by atoms with E-state index in [1.54, 1.807) is 14.2 Å². The highest BCUT2D eigenvalue weighted by Gasteiger charge is 2.15. The Balaban J connectivity index is 3.01. The predicted molar refractivity (Wildman–Crippen MR) is 67.4 cm³/mol. The molecule has 0 aliphatic heterocycles. The number of nitriles is 1. The van der Waals surface area contributed by atoms with Crippen LogP contribution in [0.25, 0.3) is 0 Å². The zero-order chi connectivity index (χ0) is 12.8. The monoisotopic (exact) mass is 233 g/mol. The number of methoxy groups -OCH3 is 2. The van der Waals surface area contributed by atoms with E-state index in [9.17, 15) is 5.26 Å². The minimum absolute atomic E-state index is 0.0881. The maximum Gasteiger partial charge on any atom is 0.161 e. The molecule has 0 heterocycles. The van der Waals surface area contributed by atoms with Crippen molar-refractivity contribution in [3.63, 3.8) is 0 Å². The predicted octanol–water partition coefficient (Wildman–Crippen LogP) is 3.36. The van der Waals surface area contributed by atoms with Crippen molar-refractivity contribution in [3.05, 3.63) is 23.8 Å². The fourth-order valence-corrected chi connectivity index (χ4v) is 1.80. The summed E-state index contributed by atoms with van der Waals surface area (Å²) in [4.78, 5) is 0. The number of benzene rings is 1. The smallest absolute Gasteiger partial charge is 0.161 e. The Kier molecular flexibility index (Phi) is 4.84. The summed E-state index contributed by atoms with van der Waals surface area (Å²) in [6, 6.07) is 8.00. The van der Waals surface area contributed by atoms with E-state index in [2.05, 4.69) is 19.9 Å². The molecule has 1 aromatic carbocycles. The molecule has 0 N–H and O–H groups in total. The maximum absolute atomic E-state index is 9.20. The zero-order valence-electron chi connectivity index (χ0n) is 10.9. The van der Waals surface area contributed by atoms with E-state index in [4.69, 9.17) is 9.47 Å². The Hall–Kier alpha value is -1.69. The van der Waals surface area contributed by atoms with Crippen molar-refractivity contribution in [2.75, 3.05) is 14.2 Å². The van der Waals surface area contributed by atoms with Gasteiger partial charge in [-0.2, -0.15) is 5.26 Å². The normalized spacial score (nSPS) is 12.0. The van der Waals surface area contributed by atoms with E-state index in [-0.39, 0.29) is 5.92 Å². The van der Waals surface area contributed by atoms with Crippen molar-refractivity contribution in [1.82, 2.24) is 0 Å². The van der Waals surface area contributed by atoms with Gasteiger partial charge in [0.15, 0.2) is 11.5 Å². The Morgan fingerprint density at radius 2 is 1.82 bits per heavy atom. The molecule has 92 valence electrons. The number of ether oxygens (including phenoxy) is 2. The van der Waals surface area contributed by atoms with Crippen LogP contribution in [-0.4, -0.2) is 14.2 Å². The third-order valence-corrected chi connectivity index (χ3v) is 2.67. The first-order valence-electron chi connectivity index (χ1n) is 5.73. The first kappa shape index (κ1) is 13.4. The third-order valence-electron chi connectivity index (χ3n) is 2.67. The van der Waals surface area contributed by atoms with Crippen LogP contribution in [0.4, 0.5) is 0 Å². The second-order valence-electron chi connectivity index (χ2n) is 4.43. The fourth-order valence-electron chi connectivity index (χ4n) is 1.80. The van der Waals surface area contributed by atoms with Crippen molar-refractivity contribution < 1.29 is 9.47 Å². The molecule has 1 aromatic rings. The molecule has 0 spiro atoms. The number of hydrogen-bond acceptors (Lipinski definition) is 3. The minimum atomic E-state index is -0.0881. The van der Waals surface area contributed by atoms with Crippen LogP contribution in [0, 0.1) is 17.2 Å². The molecule has 0 radical (unpaired) electrons. The van der Waals surface area contributed by atoms with Crippen LogP contribution >= 0.6 is 0 Å². The van der Waals surface area contributed by atoms with Gasteiger partial charge in [-0.3, -0.25) is 0 Å². The number of hydrogen-bond donors (Lipinski definition) is 0. The van der Waals surface area contributed by atoms with Gasteiger partial charge in [0, 0.05) is 0 Å². The van der Waals surface area contributed by atoms with Gasteiger partial charge in [0.25, 0.3) is 0 Å². The molecule has 1 rings (SSSR count). The molecule has 0 amide bonds. The topological polar surface area (TPSA) is 42.2 Å². The molecule has 0 saturated carbocycles. The Labute approximate surface area is 103 Å². The van der Waals surface area contributed by atoms with E-state index in [0.717, 1.165) is 12.0 Å². The summed E-state index contributed by atoms with van der Waals surface area (Å²) < 4.78 is 10.4. The van der Waals surface area contributed by atoms with Crippen LogP contribution in [0.3, 0.4) is 0 Å². The summed E-state index contributed by atoms with van der Waals surface area (Å²) in [5.74, 6) is 1.77. The average molecular weight is 233 g/mol. The van der Waals surface area contributed by atoms with Crippen molar-refractivity contribution in [3.8, 4) is 17.6 Å². The summed E-state index contributed by atoms with van der Waals surface area (Å²) in [6.07, 6.45) is 0.853. The van der Waals surface area contributed by atoms with Gasteiger partial charge in [-0.15, -0.1) is 0 Å². The van der Waals surface area contributed by atoms with E-state index < -0.39 is 0 Å². The fraction of sp³-hybridized carbons (Fsp3) is 0.500. The lowest BCUT2D eigenvalue weighted by atomic mass is 9.91. The van der Waals surface area contributed by atoms with Crippen LogP contribution in [-0.2, 0) is 0 Å². The Bertz CT molecular complexity index is 407. The largest absolute Gasteiger partial charge is 0.493 e. The maximum atomic E-state index is 9.20. The van der Waals surface area contributed by atoms with Crippen LogP contribution in [0.2, 0.25) is 0 Å². The lowest BCUT2D eigenvalue weighted by Crippen LogP contribution is -2.01. The van der Waals surface area contributed by atoms with Gasteiger partial charge in [-0.1, -0.05) is 19.9 Å². The summed E-state index contributed by atoms with van der Waals surface area (Å²) in [5, 5.41) is 9.20. The van der Waals surface area contributed by atoms with Gasteiger partial charge in [0.2, 0.25) is 0 Å². The summed E-state index contributed by atoms with van der Waals surface area (Å²) in [5.41, 5.74) is 0.985.